The quantitative estimate of drug-likeness (QED) is 0.918. The number of aliphatic hydroxyl groups excluding tert-OH is 1. The van der Waals surface area contributed by atoms with Crippen molar-refractivity contribution in [2.45, 2.75) is 13.2 Å². The van der Waals surface area contributed by atoms with E-state index >= 15 is 0 Å². The van der Waals surface area contributed by atoms with E-state index in [2.05, 4.69) is 0 Å². The van der Waals surface area contributed by atoms with Crippen LogP contribution in [0.25, 0.3) is 0 Å². The Bertz CT molecular complexity index is 623. The smallest absolute Gasteiger partial charge is 0.253 e. The van der Waals surface area contributed by atoms with Crippen LogP contribution in [0.1, 0.15) is 21.5 Å². The second kappa shape index (κ2) is 6.90. The summed E-state index contributed by atoms with van der Waals surface area (Å²) >= 11 is 0. The monoisotopic (exact) mass is 285 g/mol. The van der Waals surface area contributed by atoms with Crippen molar-refractivity contribution in [3.05, 3.63) is 65.2 Å². The third kappa shape index (κ3) is 4.07. The van der Waals surface area contributed by atoms with E-state index < -0.39 is 0 Å². The average Bonchev–Trinajstić information content (AvgIpc) is 2.52. The van der Waals surface area contributed by atoms with Gasteiger partial charge in [0.1, 0.15) is 12.4 Å². The molecule has 0 saturated heterocycles. The van der Waals surface area contributed by atoms with Crippen LogP contribution < -0.4 is 4.74 Å². The third-order valence-electron chi connectivity index (χ3n) is 3.07. The van der Waals surface area contributed by atoms with Crippen LogP contribution in [0, 0.1) is 0 Å². The van der Waals surface area contributed by atoms with E-state index in [1.54, 1.807) is 31.1 Å². The number of benzene rings is 2. The van der Waals surface area contributed by atoms with Crippen LogP contribution in [0.4, 0.5) is 0 Å². The van der Waals surface area contributed by atoms with Crippen molar-refractivity contribution in [2.24, 2.45) is 0 Å². The Morgan fingerprint density at radius 1 is 1.10 bits per heavy atom. The minimum atomic E-state index is -0.0286. The van der Waals surface area contributed by atoms with Gasteiger partial charge in [-0.1, -0.05) is 24.3 Å². The molecule has 0 bridgehead atoms. The number of hydrogen-bond donors (Lipinski definition) is 1. The van der Waals surface area contributed by atoms with Crippen LogP contribution in [0.3, 0.4) is 0 Å². The summed E-state index contributed by atoms with van der Waals surface area (Å²) in [6.07, 6.45) is 0. The highest BCUT2D eigenvalue weighted by Crippen LogP contribution is 2.16. The fourth-order valence-electron chi connectivity index (χ4n) is 1.95. The van der Waals surface area contributed by atoms with Crippen molar-refractivity contribution in [1.82, 2.24) is 4.90 Å². The first-order valence-corrected chi connectivity index (χ1v) is 6.73. The number of carbonyl (C=O) groups is 1. The highest BCUT2D eigenvalue weighted by Gasteiger charge is 2.08. The Kier molecular flexibility index (Phi) is 4.95. The summed E-state index contributed by atoms with van der Waals surface area (Å²) in [5.74, 6) is 0.671. The molecule has 4 nitrogen and oxygen atoms in total. The summed E-state index contributed by atoms with van der Waals surface area (Å²) in [4.78, 5) is 13.5. The lowest BCUT2D eigenvalue weighted by molar-refractivity contribution is 0.0827. The standard InChI is InChI=1S/C17H19NO3/c1-18(2)17(20)15-7-3-6-14(9-15)12-21-16-8-4-5-13(10-16)11-19/h3-10,19H,11-12H2,1-2H3. The highest BCUT2D eigenvalue weighted by molar-refractivity contribution is 5.94. The van der Waals surface area contributed by atoms with Crippen LogP contribution in [0.2, 0.25) is 0 Å². The van der Waals surface area contributed by atoms with Gasteiger partial charge in [0.2, 0.25) is 0 Å². The molecule has 2 aromatic carbocycles. The van der Waals surface area contributed by atoms with Gasteiger partial charge in [-0.25, -0.2) is 0 Å². The number of ether oxygens (including phenoxy) is 1. The SMILES string of the molecule is CN(C)C(=O)c1cccc(COc2cccc(CO)c2)c1. The summed E-state index contributed by atoms with van der Waals surface area (Å²) in [5, 5.41) is 9.10. The molecule has 21 heavy (non-hydrogen) atoms. The topological polar surface area (TPSA) is 49.8 Å². The zero-order chi connectivity index (χ0) is 15.2. The molecule has 2 aromatic rings. The molecule has 0 saturated carbocycles. The Labute approximate surface area is 124 Å². The van der Waals surface area contributed by atoms with Gasteiger partial charge in [-0.3, -0.25) is 4.79 Å². The van der Waals surface area contributed by atoms with E-state index in [0.717, 1.165) is 11.1 Å². The van der Waals surface area contributed by atoms with Crippen molar-refractivity contribution in [2.75, 3.05) is 14.1 Å². The molecule has 0 spiro atoms. The van der Waals surface area contributed by atoms with Crippen molar-refractivity contribution >= 4 is 5.91 Å². The Morgan fingerprint density at radius 2 is 1.81 bits per heavy atom. The first-order valence-electron chi connectivity index (χ1n) is 6.73. The summed E-state index contributed by atoms with van der Waals surface area (Å²) in [7, 11) is 3.46. The van der Waals surface area contributed by atoms with Crippen LogP contribution in [-0.4, -0.2) is 30.0 Å². The molecule has 0 aromatic heterocycles. The second-order valence-corrected chi connectivity index (χ2v) is 4.99. The Hall–Kier alpha value is -2.33. The van der Waals surface area contributed by atoms with Crippen molar-refractivity contribution in [3.63, 3.8) is 0 Å². The summed E-state index contributed by atoms with van der Waals surface area (Å²) in [6, 6.07) is 14.7. The molecule has 0 aliphatic heterocycles. The average molecular weight is 285 g/mol. The van der Waals surface area contributed by atoms with E-state index in [4.69, 9.17) is 9.84 Å². The van der Waals surface area contributed by atoms with Crippen LogP contribution in [-0.2, 0) is 13.2 Å². The normalized spacial score (nSPS) is 10.2. The molecule has 0 fully saturated rings. The predicted molar refractivity (Wildman–Crippen MR) is 81.2 cm³/mol. The summed E-state index contributed by atoms with van der Waals surface area (Å²) in [5.41, 5.74) is 2.38. The molecule has 0 aliphatic rings. The van der Waals surface area contributed by atoms with E-state index in [1.165, 1.54) is 0 Å². The summed E-state index contributed by atoms with van der Waals surface area (Å²) in [6.45, 7) is 0.369. The molecule has 0 atom stereocenters. The first kappa shape index (κ1) is 15.1. The highest BCUT2D eigenvalue weighted by atomic mass is 16.5. The fourth-order valence-corrected chi connectivity index (χ4v) is 1.95. The van der Waals surface area contributed by atoms with Gasteiger partial charge < -0.3 is 14.7 Å². The number of rotatable bonds is 5. The molecule has 0 unspecified atom stereocenters. The maximum absolute atomic E-state index is 11.9. The second-order valence-electron chi connectivity index (χ2n) is 4.99. The molecular formula is C17H19NO3. The lowest BCUT2D eigenvalue weighted by Gasteiger charge is -2.12. The molecule has 4 heteroatoms. The molecule has 0 radical (unpaired) electrons. The molecule has 1 N–H and O–H groups in total. The largest absolute Gasteiger partial charge is 0.489 e. The maximum Gasteiger partial charge on any atom is 0.253 e. The van der Waals surface area contributed by atoms with E-state index in [9.17, 15) is 4.79 Å². The van der Waals surface area contributed by atoms with E-state index in [0.29, 0.717) is 17.9 Å². The van der Waals surface area contributed by atoms with Gasteiger partial charge in [0, 0.05) is 19.7 Å². The molecule has 1 amide bonds. The van der Waals surface area contributed by atoms with Gasteiger partial charge in [0.05, 0.1) is 6.61 Å². The third-order valence-corrected chi connectivity index (χ3v) is 3.07. The van der Waals surface area contributed by atoms with Gasteiger partial charge in [0.25, 0.3) is 5.91 Å². The lowest BCUT2D eigenvalue weighted by Crippen LogP contribution is -2.21. The number of amides is 1. The summed E-state index contributed by atoms with van der Waals surface area (Å²) < 4.78 is 5.69. The number of carbonyl (C=O) groups excluding carboxylic acids is 1. The van der Waals surface area contributed by atoms with E-state index in [1.807, 2.05) is 36.4 Å². The number of aliphatic hydroxyl groups is 1. The zero-order valence-corrected chi connectivity index (χ0v) is 12.2. The zero-order valence-electron chi connectivity index (χ0n) is 12.2. The maximum atomic E-state index is 11.9. The van der Waals surface area contributed by atoms with Gasteiger partial charge in [-0.2, -0.15) is 0 Å². The number of nitrogens with zero attached hydrogens (tertiary/aromatic N) is 1. The van der Waals surface area contributed by atoms with Crippen molar-refractivity contribution in [3.8, 4) is 5.75 Å². The first-order chi connectivity index (χ1) is 10.1. The molecule has 2 rings (SSSR count). The number of hydrogen-bond acceptors (Lipinski definition) is 3. The minimum absolute atomic E-state index is 0.00990. The Balaban J connectivity index is 2.06. The van der Waals surface area contributed by atoms with Gasteiger partial charge in [-0.15, -0.1) is 0 Å². The molecule has 0 aliphatic carbocycles. The van der Waals surface area contributed by atoms with Gasteiger partial charge in [0.15, 0.2) is 0 Å². The van der Waals surface area contributed by atoms with Gasteiger partial charge >= 0.3 is 0 Å². The van der Waals surface area contributed by atoms with Gasteiger partial charge in [-0.05, 0) is 35.4 Å². The fraction of sp³-hybridized carbons (Fsp3) is 0.235. The van der Waals surface area contributed by atoms with Crippen molar-refractivity contribution in [1.29, 1.82) is 0 Å². The van der Waals surface area contributed by atoms with E-state index in [-0.39, 0.29) is 12.5 Å². The molecule has 0 heterocycles. The lowest BCUT2D eigenvalue weighted by atomic mass is 10.1. The minimum Gasteiger partial charge on any atom is -0.489 e. The van der Waals surface area contributed by atoms with Crippen LogP contribution >= 0.6 is 0 Å². The predicted octanol–water partition coefficient (Wildman–Crippen LogP) is 2.46. The van der Waals surface area contributed by atoms with Crippen LogP contribution in [0.5, 0.6) is 5.75 Å². The molecule has 110 valence electrons. The molecular weight excluding hydrogens is 266 g/mol. The Morgan fingerprint density at radius 3 is 2.52 bits per heavy atom. The van der Waals surface area contributed by atoms with Crippen LogP contribution in [0.15, 0.2) is 48.5 Å². The van der Waals surface area contributed by atoms with Crippen molar-refractivity contribution < 1.29 is 14.6 Å².